The quantitative estimate of drug-likeness (QED) is 0.646. The van der Waals surface area contributed by atoms with E-state index in [4.69, 9.17) is 4.74 Å². The average Bonchev–Trinajstić information content (AvgIpc) is 2.99. The Morgan fingerprint density at radius 3 is 2.24 bits per heavy atom. The highest BCUT2D eigenvalue weighted by Gasteiger charge is 2.26. The van der Waals surface area contributed by atoms with Gasteiger partial charge in [0.1, 0.15) is 0 Å². The molecule has 0 N–H and O–H groups in total. The summed E-state index contributed by atoms with van der Waals surface area (Å²) in [5.41, 5.74) is 3.16. The second-order valence-corrected chi connectivity index (χ2v) is 7.12. The van der Waals surface area contributed by atoms with Crippen molar-refractivity contribution in [1.29, 1.82) is 0 Å². The molecule has 1 aromatic heterocycles. The van der Waals surface area contributed by atoms with E-state index in [0.717, 1.165) is 22.5 Å². The van der Waals surface area contributed by atoms with Gasteiger partial charge in [-0.2, -0.15) is 5.10 Å². The van der Waals surface area contributed by atoms with Crippen LogP contribution in [0.4, 0.5) is 0 Å². The summed E-state index contributed by atoms with van der Waals surface area (Å²) in [5, 5.41) is 4.65. The SMILES string of the molecule is Cc1ccc(-n2nc(-c3ccccc3)cc2OC(=O)C(C)(C)C)cc1. The van der Waals surface area contributed by atoms with Gasteiger partial charge in [0.05, 0.1) is 16.8 Å². The topological polar surface area (TPSA) is 44.1 Å². The van der Waals surface area contributed by atoms with Crippen molar-refractivity contribution in [3.05, 3.63) is 66.2 Å². The highest BCUT2D eigenvalue weighted by Crippen LogP contribution is 2.28. The third kappa shape index (κ3) is 3.79. The Morgan fingerprint density at radius 2 is 1.64 bits per heavy atom. The molecule has 25 heavy (non-hydrogen) atoms. The van der Waals surface area contributed by atoms with Gasteiger partial charge in [-0.05, 0) is 39.8 Å². The monoisotopic (exact) mass is 334 g/mol. The molecule has 0 saturated carbocycles. The number of aromatic nitrogens is 2. The second kappa shape index (κ2) is 6.55. The molecular weight excluding hydrogens is 312 g/mol. The van der Waals surface area contributed by atoms with Crippen molar-refractivity contribution in [2.24, 2.45) is 5.41 Å². The number of hydrogen-bond donors (Lipinski definition) is 0. The third-order valence-corrected chi connectivity index (χ3v) is 3.83. The highest BCUT2D eigenvalue weighted by molar-refractivity contribution is 5.78. The van der Waals surface area contributed by atoms with E-state index in [2.05, 4.69) is 5.10 Å². The molecule has 4 heteroatoms. The Hall–Kier alpha value is -2.88. The smallest absolute Gasteiger partial charge is 0.317 e. The predicted molar refractivity (Wildman–Crippen MR) is 98.8 cm³/mol. The molecule has 4 nitrogen and oxygen atoms in total. The summed E-state index contributed by atoms with van der Waals surface area (Å²) in [5.74, 6) is 0.128. The van der Waals surface area contributed by atoms with E-state index >= 15 is 0 Å². The molecule has 3 aromatic rings. The number of rotatable bonds is 3. The molecule has 0 saturated heterocycles. The van der Waals surface area contributed by atoms with Gasteiger partial charge >= 0.3 is 5.97 Å². The first-order chi connectivity index (χ1) is 11.8. The Morgan fingerprint density at radius 1 is 1.00 bits per heavy atom. The fourth-order valence-electron chi connectivity index (χ4n) is 2.31. The summed E-state index contributed by atoms with van der Waals surface area (Å²) < 4.78 is 7.33. The van der Waals surface area contributed by atoms with Crippen LogP contribution in [0.5, 0.6) is 5.88 Å². The first-order valence-electron chi connectivity index (χ1n) is 8.29. The fraction of sp³-hybridized carbons (Fsp3) is 0.238. The molecule has 0 aliphatic rings. The van der Waals surface area contributed by atoms with E-state index in [1.807, 2.05) is 82.3 Å². The summed E-state index contributed by atoms with van der Waals surface area (Å²) in [6, 6.07) is 19.6. The number of hydrogen-bond acceptors (Lipinski definition) is 3. The van der Waals surface area contributed by atoms with Gasteiger partial charge in [-0.3, -0.25) is 4.79 Å². The van der Waals surface area contributed by atoms with Crippen LogP contribution in [0.2, 0.25) is 0 Å². The van der Waals surface area contributed by atoms with Crippen LogP contribution in [0.3, 0.4) is 0 Å². The largest absolute Gasteiger partial charge is 0.407 e. The maximum absolute atomic E-state index is 12.4. The molecule has 0 unspecified atom stereocenters. The Labute approximate surface area is 148 Å². The molecule has 0 bridgehead atoms. The maximum Gasteiger partial charge on any atom is 0.317 e. The first kappa shape index (κ1) is 17.0. The van der Waals surface area contributed by atoms with Crippen molar-refractivity contribution in [3.8, 4) is 22.8 Å². The molecule has 0 aliphatic heterocycles. The lowest BCUT2D eigenvalue weighted by Crippen LogP contribution is -2.26. The molecule has 0 atom stereocenters. The molecule has 1 heterocycles. The van der Waals surface area contributed by atoms with Crippen LogP contribution < -0.4 is 4.74 Å². The standard InChI is InChI=1S/C21H22N2O2/c1-15-10-12-17(13-11-15)23-19(25-20(24)21(2,3)4)14-18(22-23)16-8-6-5-7-9-16/h5-14H,1-4H3. The number of carbonyl (C=O) groups is 1. The van der Waals surface area contributed by atoms with Gasteiger partial charge in [0, 0.05) is 11.6 Å². The van der Waals surface area contributed by atoms with Crippen LogP contribution in [-0.4, -0.2) is 15.7 Å². The van der Waals surface area contributed by atoms with E-state index in [1.165, 1.54) is 0 Å². The van der Waals surface area contributed by atoms with E-state index < -0.39 is 5.41 Å². The van der Waals surface area contributed by atoms with Gasteiger partial charge in [-0.15, -0.1) is 0 Å². The van der Waals surface area contributed by atoms with Crippen LogP contribution in [0.15, 0.2) is 60.7 Å². The number of ether oxygens (including phenoxy) is 1. The van der Waals surface area contributed by atoms with Gasteiger partial charge in [0.25, 0.3) is 0 Å². The van der Waals surface area contributed by atoms with E-state index in [-0.39, 0.29) is 5.97 Å². The van der Waals surface area contributed by atoms with Crippen LogP contribution in [0.1, 0.15) is 26.3 Å². The lowest BCUT2D eigenvalue weighted by Gasteiger charge is -2.16. The lowest BCUT2D eigenvalue weighted by atomic mass is 9.97. The summed E-state index contributed by atoms with van der Waals surface area (Å²) in [7, 11) is 0. The Bertz CT molecular complexity index is 873. The van der Waals surface area contributed by atoms with Gasteiger partial charge in [-0.25, -0.2) is 4.68 Å². The number of nitrogens with zero attached hydrogens (tertiary/aromatic N) is 2. The summed E-state index contributed by atoms with van der Waals surface area (Å²) in [4.78, 5) is 12.4. The number of carbonyl (C=O) groups excluding carboxylic acids is 1. The van der Waals surface area contributed by atoms with E-state index in [9.17, 15) is 4.79 Å². The van der Waals surface area contributed by atoms with Crippen LogP contribution in [-0.2, 0) is 4.79 Å². The highest BCUT2D eigenvalue weighted by atomic mass is 16.5. The normalized spacial score (nSPS) is 11.4. The van der Waals surface area contributed by atoms with Crippen LogP contribution >= 0.6 is 0 Å². The van der Waals surface area contributed by atoms with Crippen molar-refractivity contribution in [2.45, 2.75) is 27.7 Å². The zero-order valence-electron chi connectivity index (χ0n) is 15.0. The summed E-state index contributed by atoms with van der Waals surface area (Å²) in [6.07, 6.45) is 0. The van der Waals surface area contributed by atoms with Crippen LogP contribution in [0, 0.1) is 12.3 Å². The van der Waals surface area contributed by atoms with Crippen molar-refractivity contribution in [2.75, 3.05) is 0 Å². The van der Waals surface area contributed by atoms with Gasteiger partial charge in [0.15, 0.2) is 0 Å². The fourth-order valence-corrected chi connectivity index (χ4v) is 2.31. The number of aryl methyl sites for hydroxylation is 1. The summed E-state index contributed by atoms with van der Waals surface area (Å²) >= 11 is 0. The Balaban J connectivity index is 2.06. The molecule has 0 amide bonds. The molecule has 0 spiro atoms. The minimum Gasteiger partial charge on any atom is -0.407 e. The molecule has 0 aliphatic carbocycles. The number of esters is 1. The molecule has 3 rings (SSSR count). The van der Waals surface area contributed by atoms with Crippen molar-refractivity contribution in [1.82, 2.24) is 9.78 Å². The maximum atomic E-state index is 12.4. The zero-order valence-corrected chi connectivity index (χ0v) is 15.0. The molecule has 0 radical (unpaired) electrons. The van der Waals surface area contributed by atoms with Crippen molar-refractivity contribution in [3.63, 3.8) is 0 Å². The van der Waals surface area contributed by atoms with Crippen molar-refractivity contribution < 1.29 is 9.53 Å². The van der Waals surface area contributed by atoms with Gasteiger partial charge < -0.3 is 4.74 Å². The third-order valence-electron chi connectivity index (χ3n) is 3.83. The minimum atomic E-state index is -0.588. The zero-order chi connectivity index (χ0) is 18.0. The van der Waals surface area contributed by atoms with E-state index in [1.54, 1.807) is 10.7 Å². The average molecular weight is 334 g/mol. The Kier molecular flexibility index (Phi) is 4.45. The summed E-state index contributed by atoms with van der Waals surface area (Å²) in [6.45, 7) is 7.53. The number of benzene rings is 2. The predicted octanol–water partition coefficient (Wildman–Crippen LogP) is 4.80. The molecule has 0 fully saturated rings. The van der Waals surface area contributed by atoms with Crippen molar-refractivity contribution >= 4 is 5.97 Å². The molecular formula is C21H22N2O2. The second-order valence-electron chi connectivity index (χ2n) is 7.12. The first-order valence-corrected chi connectivity index (χ1v) is 8.29. The van der Waals surface area contributed by atoms with Gasteiger partial charge in [-0.1, -0.05) is 48.0 Å². The minimum absolute atomic E-state index is 0.291. The molecule has 2 aromatic carbocycles. The van der Waals surface area contributed by atoms with Gasteiger partial charge in [0.2, 0.25) is 5.88 Å². The van der Waals surface area contributed by atoms with E-state index in [0.29, 0.717) is 5.88 Å². The van der Waals surface area contributed by atoms with Crippen LogP contribution in [0.25, 0.3) is 16.9 Å². The lowest BCUT2D eigenvalue weighted by molar-refractivity contribution is -0.143. The molecule has 128 valence electrons.